The van der Waals surface area contributed by atoms with Crippen LogP contribution in [0.15, 0.2) is 0 Å². The summed E-state index contributed by atoms with van der Waals surface area (Å²) in [6, 6.07) is 0.584. The summed E-state index contributed by atoms with van der Waals surface area (Å²) in [5.74, 6) is 2.79. The third kappa shape index (κ3) is 3.12. The summed E-state index contributed by atoms with van der Waals surface area (Å²) < 4.78 is 0. The lowest BCUT2D eigenvalue weighted by Gasteiger charge is -2.24. The van der Waals surface area contributed by atoms with E-state index < -0.39 is 0 Å². The first-order valence-corrected chi connectivity index (χ1v) is 7.06. The molecule has 2 rings (SSSR count). The van der Waals surface area contributed by atoms with Crippen LogP contribution in [0.2, 0.25) is 0 Å². The van der Waals surface area contributed by atoms with E-state index in [4.69, 9.17) is 0 Å². The maximum absolute atomic E-state index is 4.55. The molecule has 100 valence electrons. The highest BCUT2D eigenvalue weighted by atomic mass is 15.1. The van der Waals surface area contributed by atoms with Crippen molar-refractivity contribution in [3.05, 3.63) is 11.4 Å². The molecular formula is C14H24N4. The molecule has 0 unspecified atom stereocenters. The van der Waals surface area contributed by atoms with Crippen molar-refractivity contribution >= 4 is 11.6 Å². The van der Waals surface area contributed by atoms with Gasteiger partial charge in [-0.1, -0.05) is 19.3 Å². The predicted molar refractivity (Wildman–Crippen MR) is 76.2 cm³/mol. The topological polar surface area (TPSA) is 49.8 Å². The fourth-order valence-corrected chi connectivity index (χ4v) is 2.55. The summed E-state index contributed by atoms with van der Waals surface area (Å²) in [5, 5.41) is 6.90. The number of aryl methyl sites for hydroxylation is 1. The Kier molecular flexibility index (Phi) is 4.39. The summed E-state index contributed by atoms with van der Waals surface area (Å²) in [7, 11) is 0. The fourth-order valence-electron chi connectivity index (χ4n) is 2.55. The molecule has 4 nitrogen and oxygen atoms in total. The zero-order valence-electron chi connectivity index (χ0n) is 11.7. The van der Waals surface area contributed by atoms with E-state index in [1.165, 1.54) is 32.1 Å². The van der Waals surface area contributed by atoms with Gasteiger partial charge in [0.2, 0.25) is 0 Å². The van der Waals surface area contributed by atoms with Crippen molar-refractivity contribution in [2.45, 2.75) is 58.9 Å². The molecule has 1 aromatic heterocycles. The largest absolute Gasteiger partial charge is 0.370 e. The predicted octanol–water partition coefficient (Wildman–Crippen LogP) is 3.27. The molecule has 18 heavy (non-hydrogen) atoms. The second kappa shape index (κ2) is 6.03. The van der Waals surface area contributed by atoms with E-state index >= 15 is 0 Å². The first-order chi connectivity index (χ1) is 8.70. The zero-order chi connectivity index (χ0) is 13.0. The second-order valence-corrected chi connectivity index (χ2v) is 5.10. The van der Waals surface area contributed by atoms with E-state index in [0.717, 1.165) is 29.6 Å². The molecule has 0 aliphatic heterocycles. The van der Waals surface area contributed by atoms with Crippen molar-refractivity contribution in [3.63, 3.8) is 0 Å². The average molecular weight is 248 g/mol. The van der Waals surface area contributed by atoms with Gasteiger partial charge in [0.15, 0.2) is 0 Å². The second-order valence-electron chi connectivity index (χ2n) is 5.10. The van der Waals surface area contributed by atoms with E-state index in [9.17, 15) is 0 Å². The molecule has 0 bridgehead atoms. The number of hydrogen-bond acceptors (Lipinski definition) is 4. The molecule has 0 amide bonds. The highest BCUT2D eigenvalue weighted by Crippen LogP contribution is 2.25. The van der Waals surface area contributed by atoms with Crippen LogP contribution in [-0.4, -0.2) is 22.6 Å². The molecule has 0 aromatic carbocycles. The summed E-state index contributed by atoms with van der Waals surface area (Å²) >= 11 is 0. The molecule has 1 aliphatic rings. The number of rotatable bonds is 4. The van der Waals surface area contributed by atoms with Gasteiger partial charge in [-0.15, -0.1) is 0 Å². The highest BCUT2D eigenvalue weighted by molar-refractivity contribution is 5.57. The third-order valence-electron chi connectivity index (χ3n) is 3.55. The summed E-state index contributed by atoms with van der Waals surface area (Å²) in [6.45, 7) is 7.01. The van der Waals surface area contributed by atoms with Gasteiger partial charge in [-0.3, -0.25) is 0 Å². The Hall–Kier alpha value is -1.32. The minimum Gasteiger partial charge on any atom is -0.370 e. The van der Waals surface area contributed by atoms with Crippen LogP contribution in [0.3, 0.4) is 0 Å². The van der Waals surface area contributed by atoms with Gasteiger partial charge in [-0.2, -0.15) is 0 Å². The number of hydrogen-bond donors (Lipinski definition) is 2. The smallest absolute Gasteiger partial charge is 0.134 e. The minimum atomic E-state index is 0.584. The van der Waals surface area contributed by atoms with Crippen LogP contribution in [0.5, 0.6) is 0 Å². The maximum atomic E-state index is 4.55. The van der Waals surface area contributed by atoms with Gasteiger partial charge in [0.25, 0.3) is 0 Å². The van der Waals surface area contributed by atoms with Gasteiger partial charge < -0.3 is 10.6 Å². The van der Waals surface area contributed by atoms with Gasteiger partial charge in [-0.25, -0.2) is 9.97 Å². The lowest BCUT2D eigenvalue weighted by atomic mass is 9.95. The van der Waals surface area contributed by atoms with E-state index in [2.05, 4.69) is 34.4 Å². The summed E-state index contributed by atoms with van der Waals surface area (Å²) in [6.07, 6.45) is 6.57. The lowest BCUT2D eigenvalue weighted by molar-refractivity contribution is 0.461. The molecule has 0 atom stereocenters. The molecule has 0 radical (unpaired) electrons. The standard InChI is InChI=1S/C14H24N4/c1-4-15-13-10(2)14(17-11(3)16-13)18-12-8-6-5-7-9-12/h12H,4-9H2,1-3H3,(H2,15,16,17,18). The molecule has 0 saturated heterocycles. The molecule has 1 fully saturated rings. The SMILES string of the molecule is CCNc1nc(C)nc(NC2CCCCC2)c1C. The Morgan fingerprint density at radius 2 is 1.72 bits per heavy atom. The Balaban J connectivity index is 2.15. The first-order valence-electron chi connectivity index (χ1n) is 7.06. The Morgan fingerprint density at radius 1 is 1.06 bits per heavy atom. The monoisotopic (exact) mass is 248 g/mol. The maximum Gasteiger partial charge on any atom is 0.134 e. The number of nitrogens with zero attached hydrogens (tertiary/aromatic N) is 2. The van der Waals surface area contributed by atoms with Crippen LogP contribution >= 0.6 is 0 Å². The van der Waals surface area contributed by atoms with Crippen molar-refractivity contribution in [1.82, 2.24) is 9.97 Å². The molecule has 4 heteroatoms. The van der Waals surface area contributed by atoms with Crippen molar-refractivity contribution in [3.8, 4) is 0 Å². The Bertz CT molecular complexity index is 397. The molecular weight excluding hydrogens is 224 g/mol. The van der Waals surface area contributed by atoms with Crippen LogP contribution < -0.4 is 10.6 Å². The van der Waals surface area contributed by atoms with Gasteiger partial charge in [-0.05, 0) is 33.6 Å². The molecule has 1 saturated carbocycles. The minimum absolute atomic E-state index is 0.584. The summed E-state index contributed by atoms with van der Waals surface area (Å²) in [4.78, 5) is 9.00. The molecule has 1 aromatic rings. The average Bonchev–Trinajstić information content (AvgIpc) is 2.36. The first kappa shape index (κ1) is 13.1. The van der Waals surface area contributed by atoms with Crippen LogP contribution in [-0.2, 0) is 0 Å². The van der Waals surface area contributed by atoms with Gasteiger partial charge in [0.1, 0.15) is 17.5 Å². The fraction of sp³-hybridized carbons (Fsp3) is 0.714. The van der Waals surface area contributed by atoms with Crippen molar-refractivity contribution in [2.24, 2.45) is 0 Å². The number of aromatic nitrogens is 2. The van der Waals surface area contributed by atoms with Gasteiger partial charge in [0, 0.05) is 18.2 Å². The molecule has 0 spiro atoms. The van der Waals surface area contributed by atoms with Gasteiger partial charge >= 0.3 is 0 Å². The number of anilines is 2. The lowest BCUT2D eigenvalue weighted by Crippen LogP contribution is -2.24. The van der Waals surface area contributed by atoms with Crippen LogP contribution in [0.1, 0.15) is 50.4 Å². The van der Waals surface area contributed by atoms with E-state index in [-0.39, 0.29) is 0 Å². The summed E-state index contributed by atoms with van der Waals surface area (Å²) in [5.41, 5.74) is 1.13. The van der Waals surface area contributed by atoms with Crippen molar-refractivity contribution < 1.29 is 0 Å². The van der Waals surface area contributed by atoms with Crippen LogP contribution in [0.4, 0.5) is 11.6 Å². The Labute approximate surface area is 110 Å². The quantitative estimate of drug-likeness (QED) is 0.858. The highest BCUT2D eigenvalue weighted by Gasteiger charge is 2.16. The van der Waals surface area contributed by atoms with E-state index in [1.807, 2.05) is 6.92 Å². The number of nitrogens with one attached hydrogen (secondary N) is 2. The van der Waals surface area contributed by atoms with Crippen LogP contribution in [0, 0.1) is 13.8 Å². The van der Waals surface area contributed by atoms with Crippen LogP contribution in [0.25, 0.3) is 0 Å². The van der Waals surface area contributed by atoms with E-state index in [0.29, 0.717) is 6.04 Å². The molecule has 1 aliphatic carbocycles. The van der Waals surface area contributed by atoms with Gasteiger partial charge in [0.05, 0.1) is 0 Å². The molecule has 2 N–H and O–H groups in total. The van der Waals surface area contributed by atoms with Crippen molar-refractivity contribution in [1.29, 1.82) is 0 Å². The normalized spacial score (nSPS) is 16.6. The zero-order valence-corrected chi connectivity index (χ0v) is 11.7. The molecule has 1 heterocycles. The Morgan fingerprint density at radius 3 is 2.39 bits per heavy atom. The van der Waals surface area contributed by atoms with E-state index in [1.54, 1.807) is 0 Å². The third-order valence-corrected chi connectivity index (χ3v) is 3.55. The van der Waals surface area contributed by atoms with Crippen molar-refractivity contribution in [2.75, 3.05) is 17.2 Å².